The molecular formula is C16H18FN5O4. The van der Waals surface area contributed by atoms with Gasteiger partial charge in [-0.05, 0) is 42.0 Å². The second-order valence-electron chi connectivity index (χ2n) is 5.68. The van der Waals surface area contributed by atoms with Crippen molar-refractivity contribution in [3.8, 4) is 11.5 Å². The fraction of sp³-hybridized carbons (Fsp3) is 0.250. The van der Waals surface area contributed by atoms with E-state index in [2.05, 4.69) is 15.7 Å². The molecule has 2 heterocycles. The third-order valence-electron chi connectivity index (χ3n) is 3.79. The second-order valence-corrected chi connectivity index (χ2v) is 5.68. The van der Waals surface area contributed by atoms with E-state index in [0.717, 1.165) is 10.7 Å². The molecule has 1 aromatic carbocycles. The lowest BCUT2D eigenvalue weighted by Gasteiger charge is -2.23. The van der Waals surface area contributed by atoms with Gasteiger partial charge in [-0.25, -0.2) is 19.8 Å². The SMILES string of the molecule is COc1ccc(C)nc1NCc1cc(O)c(N2CC(=O)NN2O)c(F)c1. The zero-order valence-electron chi connectivity index (χ0n) is 14.2. The van der Waals surface area contributed by atoms with Crippen LogP contribution in [-0.4, -0.2) is 40.1 Å². The number of nitrogens with zero attached hydrogens (tertiary/aromatic N) is 3. The highest BCUT2D eigenvalue weighted by molar-refractivity contribution is 5.84. The van der Waals surface area contributed by atoms with Crippen LogP contribution in [0, 0.1) is 12.7 Å². The number of amides is 1. The van der Waals surface area contributed by atoms with Gasteiger partial charge in [0.1, 0.15) is 18.0 Å². The van der Waals surface area contributed by atoms with Crippen LogP contribution in [0.1, 0.15) is 11.3 Å². The van der Waals surface area contributed by atoms with Gasteiger partial charge in [-0.3, -0.25) is 10.0 Å². The summed E-state index contributed by atoms with van der Waals surface area (Å²) in [6.07, 6.45) is 0. The summed E-state index contributed by atoms with van der Waals surface area (Å²) in [7, 11) is 1.52. The number of phenolic OH excluding ortho intramolecular Hbond substituents is 1. The number of hydrogen-bond donors (Lipinski definition) is 4. The van der Waals surface area contributed by atoms with E-state index in [1.807, 2.05) is 6.92 Å². The van der Waals surface area contributed by atoms with Crippen molar-refractivity contribution in [3.63, 3.8) is 0 Å². The zero-order valence-corrected chi connectivity index (χ0v) is 14.2. The van der Waals surface area contributed by atoms with E-state index in [9.17, 15) is 19.5 Å². The summed E-state index contributed by atoms with van der Waals surface area (Å²) in [5, 5.41) is 24.0. The van der Waals surface area contributed by atoms with Gasteiger partial charge in [0, 0.05) is 12.2 Å². The van der Waals surface area contributed by atoms with Gasteiger partial charge >= 0.3 is 0 Å². The van der Waals surface area contributed by atoms with Crippen molar-refractivity contribution in [1.82, 2.24) is 15.7 Å². The standard InChI is InChI=1S/C16H18FN5O4/c1-9-3-4-13(26-2)16(19-9)18-7-10-5-11(17)15(12(23)6-10)21-8-14(24)20-22(21)25/h3-6,23,25H,7-8H2,1-2H3,(H,18,19)(H,20,24). The molecule has 0 radical (unpaired) electrons. The minimum Gasteiger partial charge on any atom is -0.506 e. The average molecular weight is 363 g/mol. The molecule has 0 saturated carbocycles. The molecule has 4 N–H and O–H groups in total. The van der Waals surface area contributed by atoms with Crippen LogP contribution in [0.3, 0.4) is 0 Å². The predicted octanol–water partition coefficient (Wildman–Crippen LogP) is 1.31. The molecule has 0 bridgehead atoms. The Bertz CT molecular complexity index is 824. The van der Waals surface area contributed by atoms with Crippen molar-refractivity contribution in [2.45, 2.75) is 13.5 Å². The summed E-state index contributed by atoms with van der Waals surface area (Å²) >= 11 is 0. The Labute approximate surface area is 148 Å². The van der Waals surface area contributed by atoms with Gasteiger partial charge in [0.2, 0.25) is 0 Å². The minimum atomic E-state index is -0.790. The first kappa shape index (κ1) is 17.7. The first-order valence-electron chi connectivity index (χ1n) is 7.72. The fourth-order valence-corrected chi connectivity index (χ4v) is 2.60. The summed E-state index contributed by atoms with van der Waals surface area (Å²) in [5.41, 5.74) is 2.98. The Morgan fingerprint density at radius 2 is 2.19 bits per heavy atom. The van der Waals surface area contributed by atoms with E-state index in [0.29, 0.717) is 22.4 Å². The number of benzene rings is 1. The van der Waals surface area contributed by atoms with Gasteiger partial charge in [0.05, 0.1) is 7.11 Å². The number of pyridine rings is 1. The molecule has 0 unspecified atom stereocenters. The maximum absolute atomic E-state index is 14.5. The smallest absolute Gasteiger partial charge is 0.258 e. The highest BCUT2D eigenvalue weighted by Gasteiger charge is 2.31. The lowest BCUT2D eigenvalue weighted by Crippen LogP contribution is -2.39. The number of halogens is 1. The zero-order chi connectivity index (χ0) is 18.8. The largest absolute Gasteiger partial charge is 0.506 e. The number of rotatable bonds is 5. The van der Waals surface area contributed by atoms with Gasteiger partial charge in [-0.1, -0.05) is 0 Å². The van der Waals surface area contributed by atoms with Crippen LogP contribution < -0.4 is 20.5 Å². The van der Waals surface area contributed by atoms with Gasteiger partial charge in [-0.2, -0.15) is 0 Å². The average Bonchev–Trinajstić information content (AvgIpc) is 2.90. The van der Waals surface area contributed by atoms with Gasteiger partial charge in [0.25, 0.3) is 5.91 Å². The van der Waals surface area contributed by atoms with Crippen molar-refractivity contribution >= 4 is 17.4 Å². The van der Waals surface area contributed by atoms with Gasteiger partial charge in [-0.15, -0.1) is 0 Å². The fourth-order valence-electron chi connectivity index (χ4n) is 2.60. The molecule has 1 aromatic heterocycles. The van der Waals surface area contributed by atoms with Crippen LogP contribution in [0.15, 0.2) is 24.3 Å². The number of nitrogens with one attached hydrogen (secondary N) is 2. The number of carbonyl (C=O) groups is 1. The lowest BCUT2D eigenvalue weighted by atomic mass is 10.1. The number of phenols is 1. The number of aromatic hydroxyl groups is 1. The Hall–Kier alpha value is -3.11. The first-order valence-corrected chi connectivity index (χ1v) is 7.72. The van der Waals surface area contributed by atoms with Crippen LogP contribution in [0.2, 0.25) is 0 Å². The van der Waals surface area contributed by atoms with Crippen LogP contribution in [0.4, 0.5) is 15.9 Å². The molecule has 1 saturated heterocycles. The van der Waals surface area contributed by atoms with E-state index in [-0.39, 0.29) is 18.8 Å². The highest BCUT2D eigenvalue weighted by Crippen LogP contribution is 2.33. The van der Waals surface area contributed by atoms with Crippen LogP contribution in [0.5, 0.6) is 11.5 Å². The minimum absolute atomic E-state index is 0.178. The van der Waals surface area contributed by atoms with Gasteiger partial charge in [0.15, 0.2) is 17.4 Å². The van der Waals surface area contributed by atoms with E-state index in [1.165, 1.54) is 19.2 Å². The quantitative estimate of drug-likeness (QED) is 0.630. The normalized spacial score (nSPS) is 14.5. The molecule has 0 aliphatic carbocycles. The van der Waals surface area contributed by atoms with E-state index >= 15 is 0 Å². The predicted molar refractivity (Wildman–Crippen MR) is 90.0 cm³/mol. The lowest BCUT2D eigenvalue weighted by molar-refractivity contribution is -0.144. The number of methoxy groups -OCH3 is 1. The van der Waals surface area contributed by atoms with Crippen molar-refractivity contribution in [2.24, 2.45) is 0 Å². The summed E-state index contributed by atoms with van der Waals surface area (Å²) in [6.45, 7) is 1.69. The number of hydrazine groups is 2. The van der Waals surface area contributed by atoms with E-state index in [1.54, 1.807) is 12.1 Å². The van der Waals surface area contributed by atoms with Crippen LogP contribution in [-0.2, 0) is 11.3 Å². The van der Waals surface area contributed by atoms with Crippen LogP contribution in [0.25, 0.3) is 0 Å². The van der Waals surface area contributed by atoms with Crippen molar-refractivity contribution in [2.75, 3.05) is 24.0 Å². The second kappa shape index (κ2) is 7.02. The summed E-state index contributed by atoms with van der Waals surface area (Å²) in [4.78, 5) is 15.6. The molecule has 1 aliphatic rings. The Morgan fingerprint density at radius 3 is 2.81 bits per heavy atom. The third kappa shape index (κ3) is 3.46. The molecule has 3 rings (SSSR count). The Balaban J connectivity index is 1.80. The molecule has 10 heteroatoms. The number of hydrogen-bond acceptors (Lipinski definition) is 8. The maximum atomic E-state index is 14.5. The molecule has 1 amide bonds. The van der Waals surface area contributed by atoms with Crippen molar-refractivity contribution < 1.29 is 24.2 Å². The molecule has 2 aromatic rings. The first-order chi connectivity index (χ1) is 12.4. The molecule has 9 nitrogen and oxygen atoms in total. The van der Waals surface area contributed by atoms with E-state index in [4.69, 9.17) is 4.74 Å². The van der Waals surface area contributed by atoms with Crippen molar-refractivity contribution in [3.05, 3.63) is 41.3 Å². The summed E-state index contributed by atoms with van der Waals surface area (Å²) < 4.78 is 19.7. The molecule has 0 atom stereocenters. The molecule has 138 valence electrons. The number of aromatic nitrogens is 1. The summed E-state index contributed by atoms with van der Waals surface area (Å²) in [6, 6.07) is 6.10. The number of carbonyl (C=O) groups excluding carboxylic acids is 1. The highest BCUT2D eigenvalue weighted by atomic mass is 19.1. The maximum Gasteiger partial charge on any atom is 0.258 e. The molecule has 0 spiro atoms. The summed E-state index contributed by atoms with van der Waals surface area (Å²) in [5.74, 6) is -0.709. The van der Waals surface area contributed by atoms with Crippen molar-refractivity contribution in [1.29, 1.82) is 0 Å². The molecular weight excluding hydrogens is 345 g/mol. The monoisotopic (exact) mass is 363 g/mol. The molecule has 26 heavy (non-hydrogen) atoms. The number of anilines is 2. The molecule has 1 aliphatic heterocycles. The molecule has 1 fully saturated rings. The van der Waals surface area contributed by atoms with Gasteiger partial charge < -0.3 is 15.2 Å². The Kier molecular flexibility index (Phi) is 4.78. The topological polar surface area (TPSA) is 110 Å². The Morgan fingerprint density at radius 1 is 1.42 bits per heavy atom. The number of aryl methyl sites for hydroxylation is 1. The van der Waals surface area contributed by atoms with E-state index < -0.39 is 17.5 Å². The number of ether oxygens (including phenoxy) is 1. The van der Waals surface area contributed by atoms with Crippen LogP contribution >= 0.6 is 0 Å². The third-order valence-corrected chi connectivity index (χ3v) is 3.79.